The second kappa shape index (κ2) is 8.70. The van der Waals surface area contributed by atoms with E-state index in [1.807, 2.05) is 13.0 Å². The minimum atomic E-state index is -4.55. The fourth-order valence-electron chi connectivity index (χ4n) is 3.86. The molecular weight excluding hydrogens is 445 g/mol. The fraction of sp³-hybridized carbons (Fsp3) is 0.154. The lowest BCUT2D eigenvalue weighted by Crippen LogP contribution is -2.33. The van der Waals surface area contributed by atoms with Crippen molar-refractivity contribution in [2.45, 2.75) is 20.0 Å². The molecule has 0 fully saturated rings. The summed E-state index contributed by atoms with van der Waals surface area (Å²) in [6, 6.07) is 16.3. The van der Waals surface area contributed by atoms with Crippen molar-refractivity contribution >= 4 is 28.8 Å². The average molecular weight is 466 g/mol. The molecule has 0 saturated heterocycles. The van der Waals surface area contributed by atoms with Gasteiger partial charge in [0.15, 0.2) is 0 Å². The van der Waals surface area contributed by atoms with Crippen LogP contribution >= 0.6 is 0 Å². The van der Waals surface area contributed by atoms with Gasteiger partial charge in [0, 0.05) is 5.69 Å². The van der Waals surface area contributed by atoms with Crippen molar-refractivity contribution in [1.29, 1.82) is 0 Å². The minimum Gasteiger partial charge on any atom is -0.497 e. The normalized spacial score (nSPS) is 14.1. The molecule has 3 aromatic carbocycles. The van der Waals surface area contributed by atoms with E-state index in [2.05, 4.69) is 5.32 Å². The molecule has 0 radical (unpaired) electrons. The quantitative estimate of drug-likeness (QED) is 0.488. The summed E-state index contributed by atoms with van der Waals surface area (Å²) < 4.78 is 44.8. The number of carbonyl (C=O) groups excluding carboxylic acids is 2. The van der Waals surface area contributed by atoms with Crippen LogP contribution in [-0.2, 0) is 15.8 Å². The van der Waals surface area contributed by atoms with Crippen LogP contribution in [0.3, 0.4) is 0 Å². The van der Waals surface area contributed by atoms with Gasteiger partial charge in [-0.15, -0.1) is 0 Å². The lowest BCUT2D eigenvalue weighted by atomic mass is 10.0. The van der Waals surface area contributed by atoms with E-state index in [0.29, 0.717) is 17.0 Å². The van der Waals surface area contributed by atoms with Gasteiger partial charge in [0.05, 0.1) is 23.9 Å². The van der Waals surface area contributed by atoms with Crippen LogP contribution in [0.1, 0.15) is 22.3 Å². The van der Waals surface area contributed by atoms with Gasteiger partial charge in [-0.05, 0) is 61.4 Å². The predicted octanol–water partition coefficient (Wildman–Crippen LogP) is 5.73. The number of alkyl halides is 3. The van der Waals surface area contributed by atoms with E-state index in [4.69, 9.17) is 4.74 Å². The Morgan fingerprint density at radius 1 is 0.882 bits per heavy atom. The number of hydrogen-bond donors (Lipinski definition) is 1. The molecule has 5 nitrogen and oxygen atoms in total. The summed E-state index contributed by atoms with van der Waals surface area (Å²) in [7, 11) is 1.50. The van der Waals surface area contributed by atoms with Gasteiger partial charge < -0.3 is 10.1 Å². The maximum absolute atomic E-state index is 13.5. The summed E-state index contributed by atoms with van der Waals surface area (Å²) in [4.78, 5) is 28.1. The van der Waals surface area contributed by atoms with Crippen LogP contribution < -0.4 is 15.0 Å². The molecule has 0 bridgehead atoms. The Morgan fingerprint density at radius 3 is 2.21 bits per heavy atom. The van der Waals surface area contributed by atoms with E-state index >= 15 is 0 Å². The Balaban J connectivity index is 1.83. The van der Waals surface area contributed by atoms with Crippen molar-refractivity contribution in [2.24, 2.45) is 0 Å². The van der Waals surface area contributed by atoms with Gasteiger partial charge in [0.1, 0.15) is 11.4 Å². The molecule has 0 aromatic heterocycles. The Morgan fingerprint density at radius 2 is 1.59 bits per heavy atom. The van der Waals surface area contributed by atoms with Crippen LogP contribution in [0.5, 0.6) is 5.75 Å². The van der Waals surface area contributed by atoms with E-state index in [1.165, 1.54) is 19.2 Å². The van der Waals surface area contributed by atoms with Crippen LogP contribution in [0.4, 0.5) is 24.5 Å². The molecule has 3 aromatic rings. The van der Waals surface area contributed by atoms with Gasteiger partial charge in [-0.1, -0.05) is 35.9 Å². The molecule has 0 saturated carbocycles. The zero-order chi connectivity index (χ0) is 24.6. The zero-order valence-corrected chi connectivity index (χ0v) is 18.7. The first-order valence-corrected chi connectivity index (χ1v) is 10.4. The number of hydrogen-bond acceptors (Lipinski definition) is 4. The molecule has 4 rings (SSSR count). The first kappa shape index (κ1) is 23.1. The van der Waals surface area contributed by atoms with E-state index in [-0.39, 0.29) is 17.0 Å². The Bertz CT molecular complexity index is 1310. The van der Waals surface area contributed by atoms with Gasteiger partial charge in [-0.3, -0.25) is 9.59 Å². The molecule has 2 amide bonds. The van der Waals surface area contributed by atoms with Gasteiger partial charge in [-0.25, -0.2) is 4.90 Å². The standard InChI is InChI=1S/C26H21F3N2O3/c1-15-7-12-21(16(2)13-15)31-24(32)22(17-8-10-20(34-3)11-9-17)23(25(31)33)30-19-6-4-5-18(14-19)26(27,28)29/h4-14,30H,1-3H3. The number of nitrogens with zero attached hydrogens (tertiary/aromatic N) is 1. The third-order valence-electron chi connectivity index (χ3n) is 5.52. The molecule has 174 valence electrons. The first-order valence-electron chi connectivity index (χ1n) is 10.4. The van der Waals surface area contributed by atoms with Crippen molar-refractivity contribution in [2.75, 3.05) is 17.3 Å². The number of benzene rings is 3. The second-order valence-electron chi connectivity index (χ2n) is 7.92. The van der Waals surface area contributed by atoms with Gasteiger partial charge in [0.2, 0.25) is 0 Å². The molecular formula is C26H21F3N2O3. The smallest absolute Gasteiger partial charge is 0.416 e. The number of methoxy groups -OCH3 is 1. The summed E-state index contributed by atoms with van der Waals surface area (Å²) in [6.45, 7) is 3.68. The number of amides is 2. The largest absolute Gasteiger partial charge is 0.497 e. The number of halogens is 3. The fourth-order valence-corrected chi connectivity index (χ4v) is 3.86. The van der Waals surface area contributed by atoms with Crippen LogP contribution in [-0.4, -0.2) is 18.9 Å². The maximum Gasteiger partial charge on any atom is 0.416 e. The summed E-state index contributed by atoms with van der Waals surface area (Å²) in [6.07, 6.45) is -4.55. The highest BCUT2D eigenvalue weighted by molar-refractivity contribution is 6.46. The molecule has 1 aliphatic rings. The van der Waals surface area contributed by atoms with E-state index in [9.17, 15) is 22.8 Å². The number of rotatable bonds is 5. The van der Waals surface area contributed by atoms with Crippen LogP contribution in [0.25, 0.3) is 5.57 Å². The molecule has 0 unspecified atom stereocenters. The lowest BCUT2D eigenvalue weighted by Gasteiger charge is -2.18. The van der Waals surface area contributed by atoms with Gasteiger partial charge in [-0.2, -0.15) is 13.2 Å². The van der Waals surface area contributed by atoms with E-state index in [1.54, 1.807) is 43.3 Å². The number of imide groups is 1. The molecule has 1 aliphatic heterocycles. The summed E-state index contributed by atoms with van der Waals surface area (Å²) in [5.41, 5.74) is 1.65. The molecule has 1 N–H and O–H groups in total. The Labute approximate surface area is 194 Å². The van der Waals surface area contributed by atoms with Gasteiger partial charge in [0.25, 0.3) is 11.8 Å². The predicted molar refractivity (Wildman–Crippen MR) is 123 cm³/mol. The topological polar surface area (TPSA) is 58.6 Å². The summed E-state index contributed by atoms with van der Waals surface area (Å²) >= 11 is 0. The highest BCUT2D eigenvalue weighted by Gasteiger charge is 2.41. The van der Waals surface area contributed by atoms with Crippen LogP contribution in [0, 0.1) is 13.8 Å². The third-order valence-corrected chi connectivity index (χ3v) is 5.52. The van der Waals surface area contributed by atoms with Crippen LogP contribution in [0.2, 0.25) is 0 Å². The van der Waals surface area contributed by atoms with Crippen molar-refractivity contribution in [3.8, 4) is 5.75 Å². The Hall–Kier alpha value is -4.07. The zero-order valence-electron chi connectivity index (χ0n) is 18.7. The van der Waals surface area contributed by atoms with Crippen LogP contribution in [0.15, 0.2) is 72.4 Å². The van der Waals surface area contributed by atoms with E-state index in [0.717, 1.165) is 28.2 Å². The maximum atomic E-state index is 13.5. The minimum absolute atomic E-state index is 0.0412. The molecule has 34 heavy (non-hydrogen) atoms. The summed E-state index contributed by atoms with van der Waals surface area (Å²) in [5.74, 6) is -0.670. The third kappa shape index (κ3) is 4.26. The molecule has 0 aliphatic carbocycles. The van der Waals surface area contributed by atoms with Crippen molar-refractivity contribution < 1.29 is 27.5 Å². The first-order chi connectivity index (χ1) is 16.1. The number of ether oxygens (including phenoxy) is 1. The van der Waals surface area contributed by atoms with E-state index < -0.39 is 23.6 Å². The molecule has 0 atom stereocenters. The average Bonchev–Trinajstić information content (AvgIpc) is 3.03. The second-order valence-corrected chi connectivity index (χ2v) is 7.92. The Kier molecular flexibility index (Phi) is 5.91. The summed E-state index contributed by atoms with van der Waals surface area (Å²) in [5, 5.41) is 2.78. The lowest BCUT2D eigenvalue weighted by molar-refractivity contribution is -0.137. The van der Waals surface area contributed by atoms with Gasteiger partial charge >= 0.3 is 6.18 Å². The monoisotopic (exact) mass is 466 g/mol. The number of aryl methyl sites for hydroxylation is 2. The number of anilines is 2. The van der Waals surface area contributed by atoms with Crippen molar-refractivity contribution in [3.05, 3.63) is 94.7 Å². The molecule has 0 spiro atoms. The molecule has 1 heterocycles. The SMILES string of the molecule is COc1ccc(C2=C(Nc3cccc(C(F)(F)F)c3)C(=O)N(c3ccc(C)cc3C)C2=O)cc1. The van der Waals surface area contributed by atoms with Crippen molar-refractivity contribution in [3.63, 3.8) is 0 Å². The number of nitrogens with one attached hydrogen (secondary N) is 1. The number of carbonyl (C=O) groups is 2. The molecule has 8 heteroatoms. The highest BCUT2D eigenvalue weighted by Crippen LogP contribution is 2.37. The highest BCUT2D eigenvalue weighted by atomic mass is 19.4. The van der Waals surface area contributed by atoms with Crippen molar-refractivity contribution in [1.82, 2.24) is 0 Å².